The summed E-state index contributed by atoms with van der Waals surface area (Å²) in [6, 6.07) is 8.33. The molecule has 0 aromatic heterocycles. The van der Waals surface area contributed by atoms with E-state index in [9.17, 15) is 9.90 Å². The van der Waals surface area contributed by atoms with Crippen LogP contribution in [0.25, 0.3) is 4.91 Å². The highest BCUT2D eigenvalue weighted by Gasteiger charge is 2.34. The molecule has 1 aromatic rings. The molecule has 5 heteroatoms. The third-order valence-electron chi connectivity index (χ3n) is 4.73. The summed E-state index contributed by atoms with van der Waals surface area (Å²) in [7, 11) is 0. The maximum atomic E-state index is 11.5. The predicted molar refractivity (Wildman–Crippen MR) is 101 cm³/mol. The Bertz CT molecular complexity index is 705. The number of hydrogen-bond acceptors (Lipinski definition) is 4. The molecule has 1 amide bonds. The van der Waals surface area contributed by atoms with Gasteiger partial charge in [-0.3, -0.25) is 4.79 Å². The molecular formula is C19H26N2O2S. The second-order valence-electron chi connectivity index (χ2n) is 6.83. The van der Waals surface area contributed by atoms with Gasteiger partial charge in [0.1, 0.15) is 6.23 Å². The average Bonchev–Trinajstić information content (AvgIpc) is 2.50. The molecule has 1 aromatic carbocycles. The molecule has 0 bridgehead atoms. The summed E-state index contributed by atoms with van der Waals surface area (Å²) in [5.41, 5.74) is 8.63. The number of thioether (sulfide) groups is 1. The highest BCUT2D eigenvalue weighted by Crippen LogP contribution is 2.47. The summed E-state index contributed by atoms with van der Waals surface area (Å²) in [5.74, 6) is 0.159. The van der Waals surface area contributed by atoms with Crippen LogP contribution in [-0.4, -0.2) is 17.2 Å². The van der Waals surface area contributed by atoms with Gasteiger partial charge in [-0.1, -0.05) is 62.9 Å². The molecule has 0 radical (unpaired) electrons. The maximum absolute atomic E-state index is 11.5. The van der Waals surface area contributed by atoms with Gasteiger partial charge in [-0.05, 0) is 29.4 Å². The van der Waals surface area contributed by atoms with E-state index >= 15 is 0 Å². The molecule has 1 aliphatic rings. The van der Waals surface area contributed by atoms with Crippen LogP contribution in [0.3, 0.4) is 0 Å². The number of nitrogens with one attached hydrogen (secondary N) is 1. The third-order valence-corrected chi connectivity index (χ3v) is 5.93. The van der Waals surface area contributed by atoms with Crippen LogP contribution < -0.4 is 11.1 Å². The van der Waals surface area contributed by atoms with E-state index in [1.165, 1.54) is 24.2 Å². The highest BCUT2D eigenvalue weighted by atomic mass is 32.2. The summed E-state index contributed by atoms with van der Waals surface area (Å²) in [6.07, 6.45) is 1.12. The van der Waals surface area contributed by atoms with E-state index in [0.717, 1.165) is 10.5 Å². The van der Waals surface area contributed by atoms with Gasteiger partial charge in [0.2, 0.25) is 5.91 Å². The Morgan fingerprint density at radius 2 is 1.96 bits per heavy atom. The van der Waals surface area contributed by atoms with Crippen LogP contribution in [0.15, 0.2) is 40.9 Å². The molecule has 0 heterocycles. The Morgan fingerprint density at radius 1 is 1.33 bits per heavy atom. The van der Waals surface area contributed by atoms with Crippen LogP contribution in [0.4, 0.5) is 0 Å². The molecule has 0 spiro atoms. The van der Waals surface area contributed by atoms with E-state index < -0.39 is 6.23 Å². The number of nitrogens with two attached hydrogens (primary N) is 1. The fraction of sp³-hybridized carbons (Fsp3) is 0.421. The van der Waals surface area contributed by atoms with Crippen LogP contribution in [0.1, 0.15) is 45.7 Å². The lowest BCUT2D eigenvalue weighted by atomic mass is 9.69. The molecule has 0 saturated carbocycles. The number of fused-ring (bicyclic) bond motifs is 1. The van der Waals surface area contributed by atoms with Crippen molar-refractivity contribution in [3.63, 3.8) is 0 Å². The average molecular weight is 346 g/mol. The van der Waals surface area contributed by atoms with Gasteiger partial charge in [0.25, 0.3) is 0 Å². The second kappa shape index (κ2) is 7.13. The van der Waals surface area contributed by atoms with Crippen molar-refractivity contribution in [1.82, 2.24) is 5.32 Å². The topological polar surface area (TPSA) is 75.4 Å². The lowest BCUT2D eigenvalue weighted by Crippen LogP contribution is -2.30. The van der Waals surface area contributed by atoms with Crippen LogP contribution in [0.5, 0.6) is 0 Å². The van der Waals surface area contributed by atoms with Crippen molar-refractivity contribution < 1.29 is 9.90 Å². The summed E-state index contributed by atoms with van der Waals surface area (Å²) in [6.45, 7) is 9.86. The Hall–Kier alpha value is -1.56. The number of amides is 1. The minimum atomic E-state index is -1.10. The number of carbonyl (C=O) groups excluding carboxylic acids is 1. The number of allylic oxidation sites excluding steroid dienone is 1. The van der Waals surface area contributed by atoms with Crippen molar-refractivity contribution in [2.45, 2.75) is 46.3 Å². The third kappa shape index (κ3) is 3.74. The normalized spacial score (nSPS) is 21.3. The first-order chi connectivity index (χ1) is 11.1. The second-order valence-corrected chi connectivity index (χ2v) is 7.88. The lowest BCUT2D eigenvalue weighted by Gasteiger charge is -2.37. The number of benzene rings is 1. The van der Waals surface area contributed by atoms with E-state index in [0.29, 0.717) is 16.5 Å². The molecular weight excluding hydrogens is 320 g/mol. The van der Waals surface area contributed by atoms with E-state index in [1.807, 2.05) is 6.07 Å². The summed E-state index contributed by atoms with van der Waals surface area (Å²) in [5, 5.41) is 13.1. The number of aliphatic hydroxyl groups excluding tert-OH is 1. The van der Waals surface area contributed by atoms with E-state index in [2.05, 4.69) is 50.4 Å². The first-order valence-electron chi connectivity index (χ1n) is 8.06. The van der Waals surface area contributed by atoms with Gasteiger partial charge in [0, 0.05) is 17.4 Å². The smallest absolute Gasteiger partial charge is 0.221 e. The van der Waals surface area contributed by atoms with Gasteiger partial charge in [0.05, 0.1) is 5.03 Å². The number of rotatable bonds is 4. The van der Waals surface area contributed by atoms with E-state index in [1.54, 1.807) is 6.92 Å². The molecule has 2 rings (SSSR count). The summed E-state index contributed by atoms with van der Waals surface area (Å²) >= 11 is 1.45. The SMILES string of the molecule is CC(=O)N/C(SC1=CC(C)C(C)(C)c2ccccc21)=C(/C)C(N)O. The van der Waals surface area contributed by atoms with Crippen molar-refractivity contribution in [3.8, 4) is 0 Å². The lowest BCUT2D eigenvalue weighted by molar-refractivity contribution is -0.118. The molecule has 0 aliphatic heterocycles. The summed E-state index contributed by atoms with van der Waals surface area (Å²) < 4.78 is 0. The Balaban J connectivity index is 2.48. The van der Waals surface area contributed by atoms with Crippen molar-refractivity contribution in [3.05, 3.63) is 52.1 Å². The maximum Gasteiger partial charge on any atom is 0.221 e. The highest BCUT2D eigenvalue weighted by molar-refractivity contribution is 8.11. The van der Waals surface area contributed by atoms with Crippen molar-refractivity contribution in [2.75, 3.05) is 0 Å². The first kappa shape index (κ1) is 18.8. The van der Waals surface area contributed by atoms with Gasteiger partial charge in [-0.2, -0.15) is 0 Å². The zero-order chi connectivity index (χ0) is 18.1. The van der Waals surface area contributed by atoms with Gasteiger partial charge < -0.3 is 16.2 Å². The Labute approximate surface area is 148 Å². The number of hydrogen-bond donors (Lipinski definition) is 3. The first-order valence-corrected chi connectivity index (χ1v) is 8.87. The van der Waals surface area contributed by atoms with Gasteiger partial charge in [-0.15, -0.1) is 0 Å². The van der Waals surface area contributed by atoms with E-state index in [-0.39, 0.29) is 11.3 Å². The number of carbonyl (C=O) groups is 1. The Kier molecular flexibility index (Phi) is 5.58. The molecule has 4 nitrogen and oxygen atoms in total. The molecule has 4 N–H and O–H groups in total. The monoisotopic (exact) mass is 346 g/mol. The van der Waals surface area contributed by atoms with Gasteiger partial charge in [0.15, 0.2) is 0 Å². The molecule has 0 saturated heterocycles. The molecule has 2 atom stereocenters. The zero-order valence-corrected chi connectivity index (χ0v) is 15.7. The minimum Gasteiger partial charge on any atom is -0.375 e. The summed E-state index contributed by atoms with van der Waals surface area (Å²) in [4.78, 5) is 12.6. The molecule has 130 valence electrons. The minimum absolute atomic E-state index is 0.0426. The zero-order valence-electron chi connectivity index (χ0n) is 14.9. The van der Waals surface area contributed by atoms with Crippen LogP contribution in [0, 0.1) is 5.92 Å². The van der Waals surface area contributed by atoms with Crippen molar-refractivity contribution in [1.29, 1.82) is 0 Å². The van der Waals surface area contributed by atoms with Gasteiger partial charge in [-0.25, -0.2) is 0 Å². The Morgan fingerprint density at radius 3 is 2.54 bits per heavy atom. The largest absolute Gasteiger partial charge is 0.375 e. The number of aliphatic hydroxyl groups is 1. The predicted octanol–water partition coefficient (Wildman–Crippen LogP) is 3.33. The standard InChI is InChI=1S/C19H26N2O2S/c1-11-10-16(14-8-6-7-9-15(14)19(11,4)5)24-18(21-13(3)22)12(2)17(20)23/h6-11,17,23H,20H2,1-5H3,(H,21,22)/b18-12+. The van der Waals surface area contributed by atoms with Crippen LogP contribution in [-0.2, 0) is 10.2 Å². The molecule has 0 fully saturated rings. The van der Waals surface area contributed by atoms with Crippen LogP contribution in [0.2, 0.25) is 0 Å². The van der Waals surface area contributed by atoms with Crippen molar-refractivity contribution >= 4 is 22.6 Å². The molecule has 1 aliphatic carbocycles. The van der Waals surface area contributed by atoms with Crippen molar-refractivity contribution in [2.24, 2.45) is 11.7 Å². The van der Waals surface area contributed by atoms with E-state index in [4.69, 9.17) is 5.73 Å². The van der Waals surface area contributed by atoms with Crippen LogP contribution >= 0.6 is 11.8 Å². The van der Waals surface area contributed by atoms with Gasteiger partial charge >= 0.3 is 0 Å². The fourth-order valence-corrected chi connectivity index (χ4v) is 3.98. The fourth-order valence-electron chi connectivity index (χ4n) is 2.73. The molecule has 24 heavy (non-hydrogen) atoms. The molecule has 2 unspecified atom stereocenters. The quantitative estimate of drug-likeness (QED) is 0.731.